The third-order valence-corrected chi connectivity index (χ3v) is 2.34. The molecule has 0 radical (unpaired) electrons. The van der Waals surface area contributed by atoms with Gasteiger partial charge < -0.3 is 10.6 Å². The maximum atomic E-state index is 8.98. The van der Waals surface area contributed by atoms with Crippen molar-refractivity contribution in [2.24, 2.45) is 0 Å². The molecule has 19 heavy (non-hydrogen) atoms. The molecule has 0 bridgehead atoms. The summed E-state index contributed by atoms with van der Waals surface area (Å²) >= 11 is 0. The van der Waals surface area contributed by atoms with Crippen molar-refractivity contribution < 1.29 is 0 Å². The van der Waals surface area contributed by atoms with Crippen molar-refractivity contribution in [3.63, 3.8) is 0 Å². The summed E-state index contributed by atoms with van der Waals surface area (Å²) in [5.41, 5.74) is 0.210. The number of pyridine rings is 1. The molecule has 0 atom stereocenters. The summed E-state index contributed by atoms with van der Waals surface area (Å²) in [5.74, 6) is 1.25. The second-order valence-electron chi connectivity index (χ2n) is 4.51. The first-order chi connectivity index (χ1) is 9.09. The third-order valence-electron chi connectivity index (χ3n) is 2.34. The minimum absolute atomic E-state index is 0.595. The Morgan fingerprint density at radius 2 is 1.84 bits per heavy atom. The lowest BCUT2D eigenvalue weighted by atomic mass is 10.1. The fourth-order valence-electron chi connectivity index (χ4n) is 1.43. The number of nitrogens with one attached hydrogen (secondary N) is 2. The van der Waals surface area contributed by atoms with E-state index < -0.39 is 5.54 Å². The maximum absolute atomic E-state index is 8.98. The Hall–Kier alpha value is -2.68. The smallest absolute Gasteiger partial charge is 0.135 e. The van der Waals surface area contributed by atoms with Crippen LogP contribution in [0.15, 0.2) is 36.9 Å². The van der Waals surface area contributed by atoms with E-state index in [9.17, 15) is 0 Å². The quantitative estimate of drug-likeness (QED) is 0.870. The first-order valence-electron chi connectivity index (χ1n) is 5.77. The van der Waals surface area contributed by atoms with Gasteiger partial charge in [0.2, 0.25) is 0 Å². The van der Waals surface area contributed by atoms with Crippen LogP contribution in [0, 0.1) is 11.3 Å². The van der Waals surface area contributed by atoms with Gasteiger partial charge in [-0.15, -0.1) is 0 Å². The van der Waals surface area contributed by atoms with Crippen LogP contribution in [0.1, 0.15) is 13.8 Å². The average molecular weight is 254 g/mol. The molecule has 0 fully saturated rings. The molecule has 6 nitrogen and oxygen atoms in total. The number of anilines is 3. The van der Waals surface area contributed by atoms with Crippen molar-refractivity contribution in [2.45, 2.75) is 19.4 Å². The molecule has 0 aliphatic carbocycles. The molecule has 96 valence electrons. The standard InChI is InChI=1S/C13H14N6/c1-13(2,8-14)19-12-7-11(16-9-17-12)18-10-3-5-15-6-4-10/h3-7,9H,1-2H3,(H2,15,16,17,18,19). The summed E-state index contributed by atoms with van der Waals surface area (Å²) in [6, 6.07) is 7.59. The number of hydrogen-bond acceptors (Lipinski definition) is 6. The van der Waals surface area contributed by atoms with E-state index in [2.05, 4.69) is 31.7 Å². The molecule has 0 aliphatic heterocycles. The van der Waals surface area contributed by atoms with E-state index in [1.54, 1.807) is 32.3 Å². The van der Waals surface area contributed by atoms with Crippen molar-refractivity contribution in [2.75, 3.05) is 10.6 Å². The highest BCUT2D eigenvalue weighted by molar-refractivity contribution is 5.58. The summed E-state index contributed by atoms with van der Waals surface area (Å²) < 4.78 is 0. The molecule has 0 saturated heterocycles. The van der Waals surface area contributed by atoms with Crippen LogP contribution in [-0.2, 0) is 0 Å². The highest BCUT2D eigenvalue weighted by Crippen LogP contribution is 2.17. The minimum atomic E-state index is -0.678. The number of nitriles is 1. The summed E-state index contributed by atoms with van der Waals surface area (Å²) in [7, 11) is 0. The predicted molar refractivity (Wildman–Crippen MR) is 72.9 cm³/mol. The van der Waals surface area contributed by atoms with Crippen molar-refractivity contribution in [1.29, 1.82) is 5.26 Å². The largest absolute Gasteiger partial charge is 0.352 e. The fourth-order valence-corrected chi connectivity index (χ4v) is 1.43. The van der Waals surface area contributed by atoms with Gasteiger partial charge in [-0.25, -0.2) is 9.97 Å². The lowest BCUT2D eigenvalue weighted by molar-refractivity contribution is 0.723. The highest BCUT2D eigenvalue weighted by atomic mass is 15.1. The average Bonchev–Trinajstić information content (AvgIpc) is 2.40. The van der Waals surface area contributed by atoms with Gasteiger partial charge in [-0.1, -0.05) is 0 Å². The van der Waals surface area contributed by atoms with Gasteiger partial charge in [0.25, 0.3) is 0 Å². The van der Waals surface area contributed by atoms with E-state index in [4.69, 9.17) is 5.26 Å². The van der Waals surface area contributed by atoms with Gasteiger partial charge in [0, 0.05) is 24.1 Å². The Bertz CT molecular complexity index is 588. The zero-order valence-electron chi connectivity index (χ0n) is 10.8. The van der Waals surface area contributed by atoms with E-state index in [1.807, 2.05) is 12.1 Å². The van der Waals surface area contributed by atoms with Gasteiger partial charge in [-0.2, -0.15) is 5.26 Å². The van der Waals surface area contributed by atoms with E-state index in [-0.39, 0.29) is 0 Å². The van der Waals surface area contributed by atoms with Gasteiger partial charge in [0.05, 0.1) is 6.07 Å². The maximum Gasteiger partial charge on any atom is 0.135 e. The SMILES string of the molecule is CC(C)(C#N)Nc1cc(Nc2ccncc2)ncn1. The molecule has 0 amide bonds. The van der Waals surface area contributed by atoms with Crippen molar-refractivity contribution in [3.8, 4) is 6.07 Å². The molecule has 2 N–H and O–H groups in total. The van der Waals surface area contributed by atoms with E-state index >= 15 is 0 Å². The Labute approximate surface area is 111 Å². The van der Waals surface area contributed by atoms with E-state index in [1.165, 1.54) is 6.33 Å². The molecule has 0 aliphatic rings. The Morgan fingerprint density at radius 1 is 1.16 bits per heavy atom. The zero-order valence-corrected chi connectivity index (χ0v) is 10.8. The second-order valence-corrected chi connectivity index (χ2v) is 4.51. The first-order valence-corrected chi connectivity index (χ1v) is 5.77. The predicted octanol–water partition coefficient (Wildman–Crippen LogP) is 2.33. The van der Waals surface area contributed by atoms with Crippen LogP contribution in [0.5, 0.6) is 0 Å². The molecule has 2 heterocycles. The normalized spacial score (nSPS) is 10.6. The van der Waals surface area contributed by atoms with Crippen LogP contribution in [0.3, 0.4) is 0 Å². The zero-order chi connectivity index (χ0) is 13.7. The van der Waals surface area contributed by atoms with Crippen molar-refractivity contribution in [3.05, 3.63) is 36.9 Å². The summed E-state index contributed by atoms with van der Waals surface area (Å²) in [6.07, 6.45) is 4.84. The minimum Gasteiger partial charge on any atom is -0.352 e. The van der Waals surface area contributed by atoms with Gasteiger partial charge in [-0.3, -0.25) is 4.98 Å². The van der Waals surface area contributed by atoms with Crippen LogP contribution >= 0.6 is 0 Å². The van der Waals surface area contributed by atoms with Crippen LogP contribution in [0.2, 0.25) is 0 Å². The van der Waals surface area contributed by atoms with E-state index in [0.717, 1.165) is 5.69 Å². The first kappa shape index (κ1) is 12.8. The topological polar surface area (TPSA) is 86.5 Å². The molecule has 2 aromatic heterocycles. The third kappa shape index (κ3) is 3.64. The Kier molecular flexibility index (Phi) is 3.57. The molecular formula is C13H14N6. The molecule has 0 spiro atoms. The van der Waals surface area contributed by atoms with Gasteiger partial charge in [0.1, 0.15) is 23.5 Å². The molecule has 2 rings (SSSR count). The van der Waals surface area contributed by atoms with Crippen LogP contribution in [0.4, 0.5) is 17.3 Å². The van der Waals surface area contributed by atoms with Crippen LogP contribution in [-0.4, -0.2) is 20.5 Å². The number of nitrogens with zero attached hydrogens (tertiary/aromatic N) is 4. The van der Waals surface area contributed by atoms with E-state index in [0.29, 0.717) is 11.6 Å². The molecule has 0 saturated carbocycles. The van der Waals surface area contributed by atoms with Crippen molar-refractivity contribution >= 4 is 17.3 Å². The van der Waals surface area contributed by atoms with Crippen LogP contribution < -0.4 is 10.6 Å². The lowest BCUT2D eigenvalue weighted by Crippen LogP contribution is -2.28. The Balaban J connectivity index is 2.14. The monoisotopic (exact) mass is 254 g/mol. The molecule has 0 unspecified atom stereocenters. The fraction of sp³-hybridized carbons (Fsp3) is 0.231. The van der Waals surface area contributed by atoms with Gasteiger partial charge in [0.15, 0.2) is 0 Å². The summed E-state index contributed by atoms with van der Waals surface area (Å²) in [4.78, 5) is 12.2. The summed E-state index contributed by atoms with van der Waals surface area (Å²) in [6.45, 7) is 3.57. The van der Waals surface area contributed by atoms with Crippen molar-refractivity contribution in [1.82, 2.24) is 15.0 Å². The van der Waals surface area contributed by atoms with Gasteiger partial charge >= 0.3 is 0 Å². The lowest BCUT2D eigenvalue weighted by Gasteiger charge is -2.18. The van der Waals surface area contributed by atoms with Gasteiger partial charge in [-0.05, 0) is 26.0 Å². The molecule has 6 heteroatoms. The van der Waals surface area contributed by atoms with Crippen LogP contribution in [0.25, 0.3) is 0 Å². The number of aromatic nitrogens is 3. The highest BCUT2D eigenvalue weighted by Gasteiger charge is 2.16. The molecular weight excluding hydrogens is 240 g/mol. The number of hydrogen-bond donors (Lipinski definition) is 2. The second kappa shape index (κ2) is 5.31. The summed E-state index contributed by atoms with van der Waals surface area (Å²) in [5, 5.41) is 15.1. The molecule has 0 aromatic carbocycles. The Morgan fingerprint density at radius 3 is 2.53 bits per heavy atom. The molecule has 2 aromatic rings. The number of rotatable bonds is 4.